The summed E-state index contributed by atoms with van der Waals surface area (Å²) in [5, 5.41) is 8.40. The summed E-state index contributed by atoms with van der Waals surface area (Å²) in [6, 6.07) is 63.1. The predicted molar refractivity (Wildman–Crippen MR) is 322 cm³/mol. The molecule has 10 aliphatic rings. The van der Waals surface area contributed by atoms with Gasteiger partial charge in [0.2, 0.25) is 0 Å². The van der Waals surface area contributed by atoms with Gasteiger partial charge in [0.25, 0.3) is 0 Å². The lowest BCUT2D eigenvalue weighted by atomic mass is 9.45. The quantitative estimate of drug-likeness (QED) is 0.156. The Morgan fingerprint density at radius 3 is 1.75 bits per heavy atom. The van der Waals surface area contributed by atoms with E-state index in [9.17, 15) is 0 Å². The predicted octanol–water partition coefficient (Wildman–Crippen LogP) is 18.1. The molecule has 8 aliphatic carbocycles. The molecule has 0 amide bonds. The van der Waals surface area contributed by atoms with Gasteiger partial charge in [-0.1, -0.05) is 130 Å². The molecule has 4 heteroatoms. The molecule has 2 aliphatic heterocycles. The van der Waals surface area contributed by atoms with E-state index in [2.05, 4.69) is 188 Å². The van der Waals surface area contributed by atoms with Crippen molar-refractivity contribution >= 4 is 88.2 Å². The van der Waals surface area contributed by atoms with E-state index in [1.165, 1.54) is 186 Å². The van der Waals surface area contributed by atoms with Crippen LogP contribution in [-0.4, -0.2) is 11.3 Å². The average molecular weight is 1000 g/mol. The van der Waals surface area contributed by atoms with Crippen molar-refractivity contribution < 1.29 is 0 Å². The van der Waals surface area contributed by atoms with E-state index in [1.807, 2.05) is 11.3 Å². The average Bonchev–Trinajstić information content (AvgIpc) is 4.17. The lowest BCUT2D eigenvalue weighted by Gasteiger charge is -2.57. The van der Waals surface area contributed by atoms with E-state index < -0.39 is 0 Å². The summed E-state index contributed by atoms with van der Waals surface area (Å²) >= 11 is 2.02. The van der Waals surface area contributed by atoms with Gasteiger partial charge in [-0.25, -0.2) is 0 Å². The fraction of sp³-hybridized carbons (Fsp3) is 0.333. The largest absolute Gasteiger partial charge is 0.375 e. The van der Waals surface area contributed by atoms with E-state index in [1.54, 1.807) is 11.1 Å². The molecule has 0 radical (unpaired) electrons. The SMILES string of the molecule is CC(C)(C)c1ccc(N2c3cc(-c4ccccc4)cc4c3B(c3c2sc2c3ccc3ccccc32)n2c3ccc(C56CC7CC(CC(C7)C5)C6)cc3c3cc(C56CC7CC(CC(C7)C5)C6)cc-4c32)c(-c2ccccc2)c1. The number of hydrogen-bond donors (Lipinski definition) is 0. The Balaban J connectivity index is 0.985. The van der Waals surface area contributed by atoms with Crippen LogP contribution in [0.4, 0.5) is 16.4 Å². The molecule has 0 saturated heterocycles. The monoisotopic (exact) mass is 1000 g/mol. The Labute approximate surface area is 452 Å². The minimum Gasteiger partial charge on any atom is -0.375 e. The molecule has 20 rings (SSSR count). The van der Waals surface area contributed by atoms with Gasteiger partial charge < -0.3 is 9.38 Å². The van der Waals surface area contributed by atoms with E-state index in [0.29, 0.717) is 5.41 Å². The van der Waals surface area contributed by atoms with Crippen molar-refractivity contribution in [2.75, 3.05) is 4.90 Å². The van der Waals surface area contributed by atoms with Crippen molar-refractivity contribution in [3.63, 3.8) is 0 Å². The van der Waals surface area contributed by atoms with Crippen LogP contribution < -0.4 is 15.8 Å². The molecular formula is C72H65BN2S. The van der Waals surface area contributed by atoms with Gasteiger partial charge in [-0.3, -0.25) is 0 Å². The van der Waals surface area contributed by atoms with Crippen LogP contribution in [0.25, 0.3) is 76.0 Å². The smallest absolute Gasteiger partial charge is 0.334 e. The maximum atomic E-state index is 2.92. The van der Waals surface area contributed by atoms with Gasteiger partial charge >= 0.3 is 6.85 Å². The van der Waals surface area contributed by atoms with Crippen LogP contribution >= 0.6 is 11.3 Å². The highest BCUT2D eigenvalue weighted by Crippen LogP contribution is 2.64. The van der Waals surface area contributed by atoms with Crippen molar-refractivity contribution in [3.05, 3.63) is 174 Å². The van der Waals surface area contributed by atoms with Gasteiger partial charge in [0.15, 0.2) is 0 Å². The Hall–Kier alpha value is -6.36. The molecular weight excluding hydrogens is 936 g/mol. The van der Waals surface area contributed by atoms with Crippen molar-refractivity contribution in [1.29, 1.82) is 0 Å². The van der Waals surface area contributed by atoms with Gasteiger partial charge in [-0.2, -0.15) is 0 Å². The number of hydrogen-bond acceptors (Lipinski definition) is 2. The Kier molecular flexibility index (Phi) is 8.76. The summed E-state index contributed by atoms with van der Waals surface area (Å²) in [6.45, 7) is 7.06. The molecule has 0 unspecified atom stereocenters. The molecule has 8 aromatic carbocycles. The minimum atomic E-state index is -0.0201. The van der Waals surface area contributed by atoms with Gasteiger partial charge in [-0.05, 0) is 243 Å². The molecule has 76 heavy (non-hydrogen) atoms. The summed E-state index contributed by atoms with van der Waals surface area (Å²) in [5.41, 5.74) is 21.6. The molecule has 2 aromatic heterocycles. The summed E-state index contributed by atoms with van der Waals surface area (Å²) in [7, 11) is 0. The zero-order chi connectivity index (χ0) is 50.0. The number of thiophene rings is 1. The van der Waals surface area contributed by atoms with E-state index in [0.717, 1.165) is 35.5 Å². The van der Waals surface area contributed by atoms with E-state index in [4.69, 9.17) is 0 Å². The Morgan fingerprint density at radius 1 is 0.461 bits per heavy atom. The van der Waals surface area contributed by atoms with Crippen LogP contribution in [0.15, 0.2) is 158 Å². The third-order valence-electron chi connectivity index (χ3n) is 21.8. The van der Waals surface area contributed by atoms with E-state index >= 15 is 0 Å². The Bertz CT molecular complexity index is 4060. The third-order valence-corrected chi connectivity index (χ3v) is 23.0. The van der Waals surface area contributed by atoms with Crippen LogP contribution in [0.3, 0.4) is 0 Å². The lowest BCUT2D eigenvalue weighted by molar-refractivity contribution is -0.00527. The first-order valence-corrected chi connectivity index (χ1v) is 30.2. The van der Waals surface area contributed by atoms with Gasteiger partial charge in [0.05, 0.1) is 10.7 Å². The fourth-order valence-electron chi connectivity index (χ4n) is 19.4. The van der Waals surface area contributed by atoms with Crippen molar-refractivity contribution in [2.45, 2.75) is 114 Å². The summed E-state index contributed by atoms with van der Waals surface area (Å²) in [5.74, 6) is 5.35. The lowest BCUT2D eigenvalue weighted by Crippen LogP contribution is -2.56. The first-order chi connectivity index (χ1) is 37.1. The summed E-state index contributed by atoms with van der Waals surface area (Å²) in [4.78, 5) is 2.76. The second-order valence-corrected chi connectivity index (χ2v) is 28.3. The molecule has 8 fully saturated rings. The van der Waals surface area contributed by atoms with Gasteiger partial charge in [-0.15, -0.1) is 11.3 Å². The van der Waals surface area contributed by atoms with Crippen molar-refractivity contribution in [3.8, 4) is 33.4 Å². The number of aromatic nitrogens is 1. The normalized spacial score (nSPS) is 27.4. The number of anilines is 3. The molecule has 10 aromatic rings. The van der Waals surface area contributed by atoms with Crippen LogP contribution in [0.5, 0.6) is 0 Å². The van der Waals surface area contributed by atoms with Crippen LogP contribution in [-0.2, 0) is 16.2 Å². The fourth-order valence-corrected chi connectivity index (χ4v) is 20.8. The topological polar surface area (TPSA) is 8.17 Å². The molecule has 0 spiro atoms. The maximum absolute atomic E-state index is 2.92. The standard InChI is InChI=1S/C72H65BN2S/c1-70(2,3)52-19-22-62(57(32-52)49-14-8-5-9-15-49)74-64-31-51(48-12-6-4-7-13-48)30-59-61-35-54(72-39-45-27-46(40-72)29-47(28-45)41-72)34-60-58-33-53(71-36-42-24-43(37-71)26-44(25-42)38-71)20-23-63(58)75(67(60)61)73(65(59)64)66-56-21-18-50-16-10-11-17-55(50)68(56)76-69(66)74/h4-23,30-35,42-47H,24-29,36-41H2,1-3H3. The van der Waals surface area contributed by atoms with Crippen molar-refractivity contribution in [2.24, 2.45) is 35.5 Å². The number of benzene rings is 8. The minimum absolute atomic E-state index is 0.0162. The molecule has 0 N–H and O–H groups in total. The Morgan fingerprint density at radius 2 is 1.08 bits per heavy atom. The van der Waals surface area contributed by atoms with E-state index in [-0.39, 0.29) is 17.7 Å². The molecule has 0 atom stereocenters. The molecule has 8 bridgehead atoms. The zero-order valence-electron chi connectivity index (χ0n) is 44.3. The molecule has 8 saturated carbocycles. The molecule has 2 nitrogen and oxygen atoms in total. The number of nitrogens with zero attached hydrogens (tertiary/aromatic N) is 2. The molecule has 4 heterocycles. The molecule has 372 valence electrons. The van der Waals surface area contributed by atoms with Crippen molar-refractivity contribution in [1.82, 2.24) is 4.48 Å². The van der Waals surface area contributed by atoms with Crippen LogP contribution in [0.1, 0.15) is 115 Å². The zero-order valence-corrected chi connectivity index (χ0v) is 45.2. The first-order valence-electron chi connectivity index (χ1n) is 29.4. The number of fused-ring (bicyclic) bond motifs is 11. The summed E-state index contributed by atoms with van der Waals surface area (Å²) in [6.07, 6.45) is 17.1. The van der Waals surface area contributed by atoms with Gasteiger partial charge in [0.1, 0.15) is 0 Å². The van der Waals surface area contributed by atoms with Crippen LogP contribution in [0, 0.1) is 35.5 Å². The first kappa shape index (κ1) is 43.7. The number of rotatable bonds is 5. The highest BCUT2D eigenvalue weighted by Gasteiger charge is 2.54. The maximum Gasteiger partial charge on any atom is 0.334 e. The highest BCUT2D eigenvalue weighted by molar-refractivity contribution is 7.26. The highest BCUT2D eigenvalue weighted by atomic mass is 32.1. The second kappa shape index (κ2) is 15.2. The second-order valence-electron chi connectivity index (χ2n) is 27.3. The summed E-state index contributed by atoms with van der Waals surface area (Å²) < 4.78 is 4.30. The third kappa shape index (κ3) is 6.01. The van der Waals surface area contributed by atoms with Gasteiger partial charge in [0, 0.05) is 43.3 Å². The van der Waals surface area contributed by atoms with Crippen LogP contribution in [0.2, 0.25) is 0 Å².